The lowest BCUT2D eigenvalue weighted by atomic mass is 10.2. The van der Waals surface area contributed by atoms with E-state index < -0.39 is 0 Å². The van der Waals surface area contributed by atoms with Crippen LogP contribution in [0.5, 0.6) is 0 Å². The molecule has 8 nitrogen and oxygen atoms in total. The second kappa shape index (κ2) is 7.12. The zero-order valence-corrected chi connectivity index (χ0v) is 14.2. The molecule has 0 radical (unpaired) electrons. The Hall–Kier alpha value is -3.94. The van der Waals surface area contributed by atoms with Gasteiger partial charge in [-0.3, -0.25) is 4.79 Å². The molecule has 0 atom stereocenters. The van der Waals surface area contributed by atoms with Crippen LogP contribution >= 0.6 is 0 Å². The number of nitrogens with zero attached hydrogens (tertiary/aromatic N) is 3. The maximum atomic E-state index is 12.0. The van der Waals surface area contributed by atoms with Crippen LogP contribution in [0, 0.1) is 0 Å². The number of pyridine rings is 1. The summed E-state index contributed by atoms with van der Waals surface area (Å²) in [7, 11) is 0. The largest absolute Gasteiger partial charge is 0.459 e. The molecule has 1 amide bonds. The van der Waals surface area contributed by atoms with Crippen molar-refractivity contribution in [1.82, 2.24) is 15.0 Å². The van der Waals surface area contributed by atoms with Gasteiger partial charge in [0, 0.05) is 12.2 Å². The normalized spacial score (nSPS) is 10.7. The van der Waals surface area contributed by atoms with E-state index in [0.717, 1.165) is 10.9 Å². The summed E-state index contributed by atoms with van der Waals surface area (Å²) in [6.45, 7) is 0.558. The minimum absolute atomic E-state index is 0.269. The second-order valence-electron chi connectivity index (χ2n) is 5.81. The van der Waals surface area contributed by atoms with E-state index in [2.05, 4.69) is 25.6 Å². The van der Waals surface area contributed by atoms with Crippen molar-refractivity contribution in [1.29, 1.82) is 0 Å². The van der Waals surface area contributed by atoms with Gasteiger partial charge in [-0.2, -0.15) is 0 Å². The molecule has 8 heteroatoms. The summed E-state index contributed by atoms with van der Waals surface area (Å²) in [6, 6.07) is 14.3. The third kappa shape index (κ3) is 3.69. The number of hydrogen-bond donors (Lipinski definition) is 3. The van der Waals surface area contributed by atoms with Crippen LogP contribution in [-0.4, -0.2) is 20.9 Å². The molecule has 0 saturated carbocycles. The van der Waals surface area contributed by atoms with Gasteiger partial charge in [-0.05, 0) is 42.0 Å². The summed E-state index contributed by atoms with van der Waals surface area (Å²) < 4.78 is 5.07. The third-order valence-electron chi connectivity index (χ3n) is 3.94. The van der Waals surface area contributed by atoms with Crippen molar-refractivity contribution in [3.63, 3.8) is 0 Å². The topological polar surface area (TPSA) is 119 Å². The summed E-state index contributed by atoms with van der Waals surface area (Å²) in [5.74, 6) is 1.08. The maximum absolute atomic E-state index is 12.0. The van der Waals surface area contributed by atoms with Crippen LogP contribution < -0.4 is 16.4 Å². The number of carbonyl (C=O) groups is 1. The first-order chi connectivity index (χ1) is 13.2. The van der Waals surface area contributed by atoms with E-state index in [-0.39, 0.29) is 11.7 Å². The van der Waals surface area contributed by atoms with Gasteiger partial charge in [0.2, 0.25) is 0 Å². The van der Waals surface area contributed by atoms with Gasteiger partial charge >= 0.3 is 0 Å². The number of nitrogens with one attached hydrogen (secondary N) is 2. The molecule has 134 valence electrons. The predicted molar refractivity (Wildman–Crippen MR) is 102 cm³/mol. The Kier molecular flexibility index (Phi) is 4.36. The summed E-state index contributed by atoms with van der Waals surface area (Å²) in [4.78, 5) is 24.6. The van der Waals surface area contributed by atoms with Crippen LogP contribution in [0.15, 0.2) is 65.5 Å². The number of rotatable bonds is 5. The molecular weight excluding hydrogens is 344 g/mol. The standard InChI is InChI=1S/C19H16N6O2/c20-16-8-7-14-17(22-11-23-18(14)25-16)21-10-12-3-5-13(6-4-12)24-19(26)15-2-1-9-27-15/h1-9,11H,10H2,(H,24,26)(H3,20,21,22,23,25). The first-order valence-electron chi connectivity index (χ1n) is 8.24. The molecule has 0 fully saturated rings. The Labute approximate surface area is 154 Å². The smallest absolute Gasteiger partial charge is 0.291 e. The van der Waals surface area contributed by atoms with Gasteiger partial charge in [0.1, 0.15) is 18.0 Å². The number of nitrogens with two attached hydrogens (primary N) is 1. The molecule has 4 N–H and O–H groups in total. The molecule has 0 aliphatic carbocycles. The van der Waals surface area contributed by atoms with Crippen LogP contribution in [0.1, 0.15) is 16.1 Å². The molecular formula is C19H16N6O2. The fourth-order valence-electron chi connectivity index (χ4n) is 2.59. The molecule has 4 rings (SSSR count). The van der Waals surface area contributed by atoms with Crippen molar-refractivity contribution >= 4 is 34.3 Å². The Morgan fingerprint density at radius 2 is 1.93 bits per heavy atom. The van der Waals surface area contributed by atoms with Crippen molar-refractivity contribution in [2.75, 3.05) is 16.4 Å². The van der Waals surface area contributed by atoms with E-state index >= 15 is 0 Å². The molecule has 0 bridgehead atoms. The van der Waals surface area contributed by atoms with Gasteiger partial charge in [-0.1, -0.05) is 12.1 Å². The van der Waals surface area contributed by atoms with E-state index in [0.29, 0.717) is 29.5 Å². The number of nitrogen functional groups attached to an aromatic ring is 1. The first kappa shape index (κ1) is 16.5. The van der Waals surface area contributed by atoms with Crippen molar-refractivity contribution in [3.8, 4) is 0 Å². The van der Waals surface area contributed by atoms with Crippen LogP contribution in [-0.2, 0) is 6.54 Å². The Morgan fingerprint density at radius 3 is 2.70 bits per heavy atom. The number of aromatic nitrogens is 3. The lowest BCUT2D eigenvalue weighted by Crippen LogP contribution is -2.10. The highest BCUT2D eigenvalue weighted by molar-refractivity contribution is 6.02. The quantitative estimate of drug-likeness (QED) is 0.500. The molecule has 27 heavy (non-hydrogen) atoms. The summed E-state index contributed by atoms with van der Waals surface area (Å²) >= 11 is 0. The number of carbonyl (C=O) groups excluding carboxylic acids is 1. The average Bonchev–Trinajstić information content (AvgIpc) is 3.22. The van der Waals surface area contributed by atoms with E-state index in [1.165, 1.54) is 12.6 Å². The Bertz CT molecular complexity index is 1080. The molecule has 3 heterocycles. The molecule has 3 aromatic heterocycles. The average molecular weight is 360 g/mol. The van der Waals surface area contributed by atoms with Crippen LogP contribution in [0.25, 0.3) is 11.0 Å². The number of anilines is 3. The maximum Gasteiger partial charge on any atom is 0.291 e. The molecule has 4 aromatic rings. The minimum Gasteiger partial charge on any atom is -0.459 e. The van der Waals surface area contributed by atoms with Gasteiger partial charge in [0.05, 0.1) is 11.6 Å². The Morgan fingerprint density at radius 1 is 1.07 bits per heavy atom. The first-order valence-corrected chi connectivity index (χ1v) is 8.24. The van der Waals surface area contributed by atoms with Crippen molar-refractivity contribution in [2.24, 2.45) is 0 Å². The zero-order valence-electron chi connectivity index (χ0n) is 14.2. The van der Waals surface area contributed by atoms with E-state index in [4.69, 9.17) is 10.2 Å². The monoisotopic (exact) mass is 360 g/mol. The lowest BCUT2D eigenvalue weighted by molar-refractivity contribution is 0.0996. The second-order valence-corrected chi connectivity index (χ2v) is 5.81. The number of benzene rings is 1. The molecule has 0 saturated heterocycles. The lowest BCUT2D eigenvalue weighted by Gasteiger charge is -2.09. The van der Waals surface area contributed by atoms with Crippen LogP contribution in [0.2, 0.25) is 0 Å². The minimum atomic E-state index is -0.287. The summed E-state index contributed by atoms with van der Waals surface area (Å²) in [5, 5.41) is 6.85. The molecule has 0 aliphatic rings. The highest BCUT2D eigenvalue weighted by Crippen LogP contribution is 2.19. The number of hydrogen-bond acceptors (Lipinski definition) is 7. The van der Waals surface area contributed by atoms with Gasteiger partial charge in [0.25, 0.3) is 5.91 Å². The zero-order chi connectivity index (χ0) is 18.6. The molecule has 0 aliphatic heterocycles. The molecule has 0 unspecified atom stereocenters. The van der Waals surface area contributed by atoms with Gasteiger partial charge in [-0.15, -0.1) is 0 Å². The molecule has 1 aromatic carbocycles. The van der Waals surface area contributed by atoms with E-state index in [1.54, 1.807) is 18.2 Å². The highest BCUT2D eigenvalue weighted by Gasteiger charge is 2.09. The third-order valence-corrected chi connectivity index (χ3v) is 3.94. The van der Waals surface area contributed by atoms with Gasteiger partial charge < -0.3 is 20.8 Å². The summed E-state index contributed by atoms with van der Waals surface area (Å²) in [6.07, 6.45) is 2.91. The van der Waals surface area contributed by atoms with Crippen molar-refractivity contribution in [3.05, 3.63) is 72.4 Å². The van der Waals surface area contributed by atoms with E-state index in [1.807, 2.05) is 30.3 Å². The number of furan rings is 1. The Balaban J connectivity index is 1.43. The van der Waals surface area contributed by atoms with Crippen molar-refractivity contribution < 1.29 is 9.21 Å². The van der Waals surface area contributed by atoms with Gasteiger partial charge in [0.15, 0.2) is 11.4 Å². The van der Waals surface area contributed by atoms with Crippen molar-refractivity contribution in [2.45, 2.75) is 6.54 Å². The fraction of sp³-hybridized carbons (Fsp3) is 0.0526. The van der Waals surface area contributed by atoms with E-state index in [9.17, 15) is 4.79 Å². The fourth-order valence-corrected chi connectivity index (χ4v) is 2.59. The summed E-state index contributed by atoms with van der Waals surface area (Å²) in [5.41, 5.74) is 7.95. The predicted octanol–water partition coefficient (Wildman–Crippen LogP) is 3.06. The van der Waals surface area contributed by atoms with Crippen LogP contribution in [0.4, 0.5) is 17.3 Å². The molecule has 0 spiro atoms. The highest BCUT2D eigenvalue weighted by atomic mass is 16.3. The number of fused-ring (bicyclic) bond motifs is 1. The van der Waals surface area contributed by atoms with Crippen LogP contribution in [0.3, 0.4) is 0 Å². The number of amides is 1. The SMILES string of the molecule is Nc1ccc2c(NCc3ccc(NC(=O)c4ccco4)cc3)ncnc2n1. The van der Waals surface area contributed by atoms with Gasteiger partial charge in [-0.25, -0.2) is 15.0 Å².